The predicted octanol–water partition coefficient (Wildman–Crippen LogP) is 1.14. The van der Waals surface area contributed by atoms with Gasteiger partial charge in [0.1, 0.15) is 11.4 Å². The second kappa shape index (κ2) is 10.6. The Morgan fingerprint density at radius 1 is 1.19 bits per heavy atom. The van der Waals surface area contributed by atoms with Gasteiger partial charge in [0, 0.05) is 70.3 Å². The van der Waals surface area contributed by atoms with E-state index in [9.17, 15) is 9.50 Å². The normalized spacial score (nSPS) is 17.5. The summed E-state index contributed by atoms with van der Waals surface area (Å²) in [5, 5.41) is 21.4. The maximum Gasteiger partial charge on any atom is 0.191 e. The summed E-state index contributed by atoms with van der Waals surface area (Å²) in [5.74, 6) is 0.491. The molecule has 0 amide bonds. The summed E-state index contributed by atoms with van der Waals surface area (Å²) >= 11 is 0. The molecule has 9 heteroatoms. The average molecular weight is 432 g/mol. The highest BCUT2D eigenvalue weighted by atomic mass is 19.1. The van der Waals surface area contributed by atoms with Gasteiger partial charge in [-0.1, -0.05) is 0 Å². The van der Waals surface area contributed by atoms with Gasteiger partial charge in [0.15, 0.2) is 5.96 Å². The Kier molecular flexibility index (Phi) is 7.86. The van der Waals surface area contributed by atoms with Gasteiger partial charge in [0.25, 0.3) is 0 Å². The summed E-state index contributed by atoms with van der Waals surface area (Å²) in [7, 11) is 1.83. The largest absolute Gasteiger partial charge is 0.383 e. The molecule has 0 saturated carbocycles. The van der Waals surface area contributed by atoms with E-state index in [0.29, 0.717) is 5.96 Å². The third kappa shape index (κ3) is 6.67. The summed E-state index contributed by atoms with van der Waals surface area (Å²) in [6.45, 7) is 10.2. The molecule has 2 heterocycles. The number of piperazine rings is 1. The van der Waals surface area contributed by atoms with Crippen molar-refractivity contribution in [3.63, 3.8) is 0 Å². The van der Waals surface area contributed by atoms with Crippen LogP contribution in [0.1, 0.15) is 19.4 Å². The first kappa shape index (κ1) is 23.0. The lowest BCUT2D eigenvalue weighted by atomic mass is 10.0. The van der Waals surface area contributed by atoms with Gasteiger partial charge in [-0.25, -0.2) is 9.38 Å². The zero-order valence-corrected chi connectivity index (χ0v) is 18.7. The van der Waals surface area contributed by atoms with Gasteiger partial charge in [0.05, 0.1) is 12.7 Å². The molecule has 1 unspecified atom stereocenters. The van der Waals surface area contributed by atoms with Crippen LogP contribution in [0.4, 0.5) is 10.1 Å². The summed E-state index contributed by atoms with van der Waals surface area (Å²) in [5.41, 5.74) is 0.739. The third-order valence-corrected chi connectivity index (χ3v) is 5.50. The van der Waals surface area contributed by atoms with Gasteiger partial charge in [-0.05, 0) is 38.1 Å². The van der Waals surface area contributed by atoms with E-state index in [1.165, 1.54) is 12.1 Å². The molecule has 1 atom stereocenters. The van der Waals surface area contributed by atoms with Crippen molar-refractivity contribution >= 4 is 11.6 Å². The van der Waals surface area contributed by atoms with E-state index in [1.807, 2.05) is 26.1 Å². The minimum atomic E-state index is -1.08. The molecule has 1 aliphatic rings. The van der Waals surface area contributed by atoms with Crippen LogP contribution in [-0.4, -0.2) is 78.1 Å². The fourth-order valence-corrected chi connectivity index (χ4v) is 3.58. The van der Waals surface area contributed by atoms with Crippen molar-refractivity contribution in [3.8, 4) is 0 Å². The number of nitrogens with zero attached hydrogens (tertiary/aromatic N) is 5. The van der Waals surface area contributed by atoms with Gasteiger partial charge in [-0.3, -0.25) is 9.58 Å². The maximum atomic E-state index is 13.1. The van der Waals surface area contributed by atoms with E-state index in [4.69, 9.17) is 0 Å². The molecule has 0 aliphatic carbocycles. The fourth-order valence-electron chi connectivity index (χ4n) is 3.58. The molecule has 2 aromatic rings. The molecular weight excluding hydrogens is 397 g/mol. The van der Waals surface area contributed by atoms with Crippen LogP contribution in [0.25, 0.3) is 0 Å². The van der Waals surface area contributed by atoms with Crippen LogP contribution < -0.4 is 15.5 Å². The Bertz CT molecular complexity index is 842. The van der Waals surface area contributed by atoms with Crippen molar-refractivity contribution in [2.45, 2.75) is 19.4 Å². The van der Waals surface area contributed by atoms with Gasteiger partial charge in [0.2, 0.25) is 0 Å². The second-order valence-electron chi connectivity index (χ2n) is 8.10. The van der Waals surface area contributed by atoms with E-state index in [-0.39, 0.29) is 12.4 Å². The number of aliphatic hydroxyl groups is 1. The first-order valence-electron chi connectivity index (χ1n) is 10.8. The Morgan fingerprint density at radius 2 is 1.90 bits per heavy atom. The first-order valence-corrected chi connectivity index (χ1v) is 10.8. The van der Waals surface area contributed by atoms with Crippen molar-refractivity contribution in [2.75, 3.05) is 57.3 Å². The highest BCUT2D eigenvalue weighted by Crippen LogP contribution is 2.20. The maximum absolute atomic E-state index is 13.1. The fraction of sp³-hybridized carbons (Fsp3) is 0.545. The smallest absolute Gasteiger partial charge is 0.191 e. The quantitative estimate of drug-likeness (QED) is 0.430. The molecule has 1 saturated heterocycles. The van der Waals surface area contributed by atoms with E-state index in [0.717, 1.165) is 57.1 Å². The van der Waals surface area contributed by atoms with Crippen LogP contribution in [0, 0.1) is 5.82 Å². The molecule has 1 aliphatic heterocycles. The van der Waals surface area contributed by atoms with Crippen molar-refractivity contribution in [3.05, 3.63) is 48.0 Å². The Balaban J connectivity index is 1.44. The predicted molar refractivity (Wildman–Crippen MR) is 122 cm³/mol. The van der Waals surface area contributed by atoms with Gasteiger partial charge in [-0.2, -0.15) is 5.10 Å². The molecule has 8 nitrogen and oxygen atoms in total. The highest BCUT2D eigenvalue weighted by Gasteiger charge is 2.24. The number of aliphatic imine (C=N–C) groups is 1. The number of rotatable bonds is 8. The first-order chi connectivity index (χ1) is 14.9. The topological polar surface area (TPSA) is 80.9 Å². The number of guanidine groups is 1. The van der Waals surface area contributed by atoms with E-state index >= 15 is 0 Å². The van der Waals surface area contributed by atoms with Gasteiger partial charge >= 0.3 is 0 Å². The highest BCUT2D eigenvalue weighted by molar-refractivity contribution is 5.79. The number of halogens is 1. The minimum absolute atomic E-state index is 0.200. The van der Waals surface area contributed by atoms with E-state index in [2.05, 4.69) is 30.5 Å². The van der Waals surface area contributed by atoms with Crippen molar-refractivity contribution in [2.24, 2.45) is 12.0 Å². The van der Waals surface area contributed by atoms with Crippen LogP contribution in [0.5, 0.6) is 0 Å². The minimum Gasteiger partial charge on any atom is -0.383 e. The lowest BCUT2D eigenvalue weighted by Crippen LogP contribution is -2.49. The van der Waals surface area contributed by atoms with E-state index < -0.39 is 5.60 Å². The number of hydrogen-bond acceptors (Lipinski definition) is 5. The van der Waals surface area contributed by atoms with Crippen molar-refractivity contribution in [1.29, 1.82) is 0 Å². The van der Waals surface area contributed by atoms with Gasteiger partial charge in [-0.15, -0.1) is 0 Å². The number of hydrogen-bond donors (Lipinski definition) is 3. The SMILES string of the molecule is CCNC(=NCC(C)(O)c1cnn(C)c1)NCCN1CCN(c2ccc(F)cc2)CC1. The molecule has 3 N–H and O–H groups in total. The standard InChI is InChI=1S/C22H34FN7O/c1-4-24-21(26-17-22(2,31)18-15-27-28(3)16-18)25-9-10-29-11-13-30(14-12-29)20-7-5-19(23)6-8-20/h5-8,15-16,31H,4,9-14,17H2,1-3H3,(H2,24,25,26). The van der Waals surface area contributed by atoms with Crippen molar-refractivity contribution in [1.82, 2.24) is 25.3 Å². The third-order valence-electron chi connectivity index (χ3n) is 5.50. The molecule has 3 rings (SSSR count). The lowest BCUT2D eigenvalue weighted by molar-refractivity contribution is 0.0671. The lowest BCUT2D eigenvalue weighted by Gasteiger charge is -2.36. The summed E-state index contributed by atoms with van der Waals surface area (Å²) in [4.78, 5) is 9.25. The summed E-state index contributed by atoms with van der Waals surface area (Å²) < 4.78 is 14.8. The average Bonchev–Trinajstić information content (AvgIpc) is 3.20. The van der Waals surface area contributed by atoms with Crippen LogP contribution in [0.15, 0.2) is 41.7 Å². The number of benzene rings is 1. The van der Waals surface area contributed by atoms with Crippen LogP contribution in [0.2, 0.25) is 0 Å². The second-order valence-corrected chi connectivity index (χ2v) is 8.10. The number of aryl methyl sites for hydroxylation is 1. The van der Waals surface area contributed by atoms with E-state index in [1.54, 1.807) is 24.0 Å². The molecule has 0 radical (unpaired) electrons. The molecule has 0 bridgehead atoms. The molecular formula is C22H34FN7O. The Morgan fingerprint density at radius 3 is 2.52 bits per heavy atom. The number of aromatic nitrogens is 2. The van der Waals surface area contributed by atoms with Crippen LogP contribution >= 0.6 is 0 Å². The Hall–Kier alpha value is -2.65. The number of anilines is 1. The molecule has 1 fully saturated rings. The van der Waals surface area contributed by atoms with Crippen LogP contribution in [0.3, 0.4) is 0 Å². The molecule has 1 aromatic carbocycles. The molecule has 31 heavy (non-hydrogen) atoms. The molecule has 170 valence electrons. The molecule has 0 spiro atoms. The summed E-state index contributed by atoms with van der Waals surface area (Å²) in [6.07, 6.45) is 3.48. The zero-order valence-electron chi connectivity index (χ0n) is 18.7. The van der Waals surface area contributed by atoms with Crippen molar-refractivity contribution < 1.29 is 9.50 Å². The van der Waals surface area contributed by atoms with Gasteiger partial charge < -0.3 is 20.6 Å². The number of nitrogens with one attached hydrogen (secondary N) is 2. The summed E-state index contributed by atoms with van der Waals surface area (Å²) in [6, 6.07) is 6.70. The van der Waals surface area contributed by atoms with Crippen LogP contribution in [-0.2, 0) is 12.6 Å². The molecule has 1 aromatic heterocycles. The monoisotopic (exact) mass is 431 g/mol. The Labute approximate surface area is 183 Å². The zero-order chi connectivity index (χ0) is 22.3.